The molecular weight excluding hydrogens is 522 g/mol. The first-order chi connectivity index (χ1) is 17.4. The Labute approximate surface area is 212 Å². The van der Waals surface area contributed by atoms with Crippen LogP contribution >= 0.6 is 15.9 Å². The van der Waals surface area contributed by atoms with Crippen molar-refractivity contribution < 1.29 is 26.5 Å². The lowest BCUT2D eigenvalue weighted by atomic mass is 9.85. The van der Waals surface area contributed by atoms with E-state index in [2.05, 4.69) is 31.2 Å². The number of nitrogens with zero attached hydrogens (tertiary/aromatic N) is 2. The van der Waals surface area contributed by atoms with E-state index in [9.17, 15) is 19.4 Å². The summed E-state index contributed by atoms with van der Waals surface area (Å²) in [6, 6.07) is 5.13. The molecule has 0 bridgehead atoms. The molecule has 10 heteroatoms. The van der Waals surface area contributed by atoms with Crippen LogP contribution in [0.2, 0.25) is 0 Å². The number of aliphatic hydroxyl groups excluding tert-OH is 1. The van der Waals surface area contributed by atoms with Gasteiger partial charge in [-0.1, -0.05) is 22.0 Å². The Balaban J connectivity index is 1.58. The Hall–Kier alpha value is -2.95. The number of benzene rings is 2. The highest BCUT2D eigenvalue weighted by molar-refractivity contribution is 9.10. The molecule has 2 aromatic carbocycles. The smallest absolute Gasteiger partial charge is 0.254 e. The van der Waals surface area contributed by atoms with Crippen LogP contribution in [0.4, 0.5) is 14.6 Å². The second-order valence-corrected chi connectivity index (χ2v) is 9.23. The van der Waals surface area contributed by atoms with Gasteiger partial charge < -0.3 is 21.3 Å². The summed E-state index contributed by atoms with van der Waals surface area (Å²) in [4.78, 5) is 21.6. The molecule has 7 nitrogen and oxygen atoms in total. The molecule has 4 rings (SSSR count). The van der Waals surface area contributed by atoms with E-state index >= 15 is 4.39 Å². The Bertz CT molecular complexity index is 1320. The highest BCUT2D eigenvalue weighted by Crippen LogP contribution is 2.34. The summed E-state index contributed by atoms with van der Waals surface area (Å²) in [7, 11) is 0. The number of carbonyl (C=O) groups is 1. The fourth-order valence-electron chi connectivity index (χ4n) is 4.05. The first-order valence-corrected chi connectivity index (χ1v) is 11.7. The van der Waals surface area contributed by atoms with E-state index in [0.717, 1.165) is 18.2 Å². The van der Waals surface area contributed by atoms with E-state index < -0.39 is 41.8 Å². The van der Waals surface area contributed by atoms with Gasteiger partial charge in [0.2, 0.25) is 0 Å². The Morgan fingerprint density at radius 1 is 1.26 bits per heavy atom. The van der Waals surface area contributed by atoms with E-state index in [-0.39, 0.29) is 28.6 Å². The second kappa shape index (κ2) is 10.8. The normalized spacial score (nSPS) is 22.6. The van der Waals surface area contributed by atoms with E-state index in [0.29, 0.717) is 35.8 Å². The number of aromatic nitrogens is 2. The minimum atomic E-state index is -2.12. The summed E-state index contributed by atoms with van der Waals surface area (Å²) in [5.74, 6) is -2.54. The Morgan fingerprint density at radius 2 is 2.00 bits per heavy atom. The monoisotopic (exact) mass is 548 g/mol. The molecule has 1 amide bonds. The molecule has 0 aliphatic heterocycles. The topological polar surface area (TPSA) is 121 Å². The predicted octanol–water partition coefficient (Wildman–Crippen LogP) is 4.25. The number of amides is 1. The summed E-state index contributed by atoms with van der Waals surface area (Å²) < 4.78 is 45.4. The number of rotatable bonds is 6. The van der Waals surface area contributed by atoms with Crippen LogP contribution in [0.15, 0.2) is 47.1 Å². The summed E-state index contributed by atoms with van der Waals surface area (Å²) in [5, 5.41) is 21.9. The Morgan fingerprint density at radius 3 is 2.66 bits per heavy atom. The zero-order valence-electron chi connectivity index (χ0n) is 20.6. The molecule has 0 unspecified atom stereocenters. The molecular formula is C25H25BrF2N4O3. The van der Waals surface area contributed by atoms with Gasteiger partial charge in [0, 0.05) is 16.0 Å². The van der Waals surface area contributed by atoms with Crippen LogP contribution in [0.25, 0.3) is 11.3 Å². The zero-order valence-corrected chi connectivity index (χ0v) is 20.1. The summed E-state index contributed by atoms with van der Waals surface area (Å²) in [5.41, 5.74) is 6.70. The fraction of sp³-hybridized carbons (Fsp3) is 0.320. The van der Waals surface area contributed by atoms with Crippen molar-refractivity contribution in [2.75, 3.05) is 12.3 Å². The van der Waals surface area contributed by atoms with Crippen molar-refractivity contribution in [1.29, 1.82) is 0 Å². The number of carbonyl (C=O) groups excluding carboxylic acids is 1. The third-order valence-corrected chi connectivity index (χ3v) is 6.38. The third kappa shape index (κ3) is 5.83. The van der Waals surface area contributed by atoms with Gasteiger partial charge in [-0.25, -0.2) is 18.7 Å². The van der Waals surface area contributed by atoms with Crippen molar-refractivity contribution in [1.82, 2.24) is 15.3 Å². The zero-order chi connectivity index (χ0) is 27.0. The molecule has 1 aromatic heterocycles. The number of halogens is 3. The molecule has 1 aliphatic carbocycles. The maximum Gasteiger partial charge on any atom is 0.254 e. The standard InChI is InChI=1S/C25H25BrF2N4O3/c26-16-7-15(8-17(27)10-16)22(12-33)32-25(35)19-6-3-14(9-20(19)28)23-24(29)30-11-21(31-23)13-1-4-18(34)5-2-13/h3,6-11,13,18,22,33-34H,1-2,4-5,12H2,(H2,29,30)(H,32,35)/t13-,18-,22-/m1/s1/i18D,22D. The van der Waals surface area contributed by atoms with Gasteiger partial charge in [0.05, 0.1) is 38.9 Å². The van der Waals surface area contributed by atoms with Crippen LogP contribution < -0.4 is 11.1 Å². The summed E-state index contributed by atoms with van der Waals surface area (Å²) in [6.07, 6.45) is 1.78. The highest BCUT2D eigenvalue weighted by atomic mass is 79.9. The molecule has 1 saturated carbocycles. The van der Waals surface area contributed by atoms with Crippen LogP contribution in [0.3, 0.4) is 0 Å². The van der Waals surface area contributed by atoms with Crippen molar-refractivity contribution in [2.24, 2.45) is 0 Å². The lowest BCUT2D eigenvalue weighted by Crippen LogP contribution is -2.31. The van der Waals surface area contributed by atoms with Gasteiger partial charge in [-0.15, -0.1) is 0 Å². The van der Waals surface area contributed by atoms with E-state index in [1.54, 1.807) is 0 Å². The predicted molar refractivity (Wildman–Crippen MR) is 130 cm³/mol. The maximum absolute atomic E-state index is 15.1. The SMILES string of the molecule is [2H][C@](CO)(NC(=O)c1ccc(-c2nc([C@H]3CC[C@]([2H])(O)CC3)cnc2N)cc1F)c1cc(F)cc(Br)c1. The minimum absolute atomic E-state index is 0.0288. The van der Waals surface area contributed by atoms with E-state index in [1.165, 1.54) is 24.4 Å². The molecule has 184 valence electrons. The number of aliphatic hydroxyl groups is 2. The van der Waals surface area contributed by atoms with Crippen molar-refractivity contribution in [3.05, 3.63) is 75.5 Å². The van der Waals surface area contributed by atoms with Gasteiger partial charge in [-0.3, -0.25) is 4.79 Å². The largest absolute Gasteiger partial charge is 0.394 e. The van der Waals surface area contributed by atoms with Crippen molar-refractivity contribution in [3.8, 4) is 11.3 Å². The third-order valence-electron chi connectivity index (χ3n) is 5.92. The van der Waals surface area contributed by atoms with Crippen LogP contribution in [0.1, 0.15) is 62.0 Å². The minimum Gasteiger partial charge on any atom is -0.394 e. The average Bonchev–Trinajstić information content (AvgIpc) is 2.83. The molecule has 1 heterocycles. The van der Waals surface area contributed by atoms with Gasteiger partial charge in [0.25, 0.3) is 5.91 Å². The van der Waals surface area contributed by atoms with Gasteiger partial charge in [-0.05, 0) is 61.6 Å². The highest BCUT2D eigenvalue weighted by Gasteiger charge is 2.24. The number of nitrogens with one attached hydrogen (secondary N) is 1. The Kier molecular flexibility index (Phi) is 6.92. The number of hydrogen-bond acceptors (Lipinski definition) is 6. The number of anilines is 1. The molecule has 35 heavy (non-hydrogen) atoms. The van der Waals surface area contributed by atoms with Crippen LogP contribution in [0, 0.1) is 11.6 Å². The van der Waals surface area contributed by atoms with Crippen LogP contribution in [-0.4, -0.2) is 38.8 Å². The van der Waals surface area contributed by atoms with Crippen molar-refractivity contribution >= 4 is 27.7 Å². The molecule has 0 spiro atoms. The molecule has 1 aliphatic rings. The maximum atomic E-state index is 15.1. The fourth-order valence-corrected chi connectivity index (χ4v) is 4.52. The summed E-state index contributed by atoms with van der Waals surface area (Å²) in [6.45, 7) is -0.883. The molecule has 1 fully saturated rings. The first-order valence-electron chi connectivity index (χ1n) is 12.0. The molecule has 0 radical (unpaired) electrons. The molecule has 3 aromatic rings. The van der Waals surface area contributed by atoms with Crippen molar-refractivity contribution in [2.45, 2.75) is 43.7 Å². The molecule has 5 N–H and O–H groups in total. The van der Waals surface area contributed by atoms with Crippen LogP contribution in [-0.2, 0) is 0 Å². The lowest BCUT2D eigenvalue weighted by Gasteiger charge is -2.25. The lowest BCUT2D eigenvalue weighted by molar-refractivity contribution is 0.0912. The molecule has 0 saturated heterocycles. The number of nitrogen functional groups attached to an aromatic ring is 1. The number of hydrogen-bond donors (Lipinski definition) is 4. The van der Waals surface area contributed by atoms with Gasteiger partial charge >= 0.3 is 0 Å². The first kappa shape index (κ1) is 22.5. The molecule has 1 atom stereocenters. The average molecular weight is 549 g/mol. The second-order valence-electron chi connectivity index (χ2n) is 8.31. The van der Waals surface area contributed by atoms with Crippen molar-refractivity contribution in [3.63, 3.8) is 0 Å². The van der Waals surface area contributed by atoms with Gasteiger partial charge in [-0.2, -0.15) is 0 Å². The van der Waals surface area contributed by atoms with Gasteiger partial charge in [0.15, 0.2) is 0 Å². The van der Waals surface area contributed by atoms with Crippen LogP contribution in [0.5, 0.6) is 0 Å². The van der Waals surface area contributed by atoms with E-state index in [4.69, 9.17) is 8.48 Å². The van der Waals surface area contributed by atoms with E-state index in [1.807, 2.05) is 0 Å². The summed E-state index contributed by atoms with van der Waals surface area (Å²) >= 11 is 3.11. The number of nitrogens with two attached hydrogens (primary N) is 1. The quantitative estimate of drug-likeness (QED) is 0.365. The van der Waals surface area contributed by atoms with Gasteiger partial charge in [0.1, 0.15) is 23.1 Å².